The Hall–Kier alpha value is -0.770. The normalized spacial score (nSPS) is 19.2. The predicted molar refractivity (Wildman–Crippen MR) is 82.2 cm³/mol. The Morgan fingerprint density at radius 1 is 1.37 bits per heavy atom. The van der Waals surface area contributed by atoms with Gasteiger partial charge in [0.15, 0.2) is 0 Å². The molecule has 3 nitrogen and oxygen atoms in total. The highest BCUT2D eigenvalue weighted by atomic mass is 35.5. The SMILES string of the molecule is CCOc1ccccc1CN1CCC(CNC)C1.Cl. The van der Waals surface area contributed by atoms with Gasteiger partial charge >= 0.3 is 0 Å². The topological polar surface area (TPSA) is 24.5 Å². The summed E-state index contributed by atoms with van der Waals surface area (Å²) in [6.45, 7) is 7.31. The Balaban J connectivity index is 0.00000180. The van der Waals surface area contributed by atoms with Gasteiger partial charge in [-0.3, -0.25) is 4.90 Å². The van der Waals surface area contributed by atoms with Crippen LogP contribution in [0.3, 0.4) is 0 Å². The zero-order chi connectivity index (χ0) is 12.8. The third-order valence-corrected chi connectivity index (χ3v) is 3.53. The van der Waals surface area contributed by atoms with E-state index < -0.39 is 0 Å². The number of para-hydroxylation sites is 1. The minimum atomic E-state index is 0. The number of hydrogen-bond acceptors (Lipinski definition) is 3. The van der Waals surface area contributed by atoms with E-state index in [9.17, 15) is 0 Å². The smallest absolute Gasteiger partial charge is 0.123 e. The van der Waals surface area contributed by atoms with Crippen molar-refractivity contribution in [2.24, 2.45) is 5.92 Å². The molecule has 1 aliphatic heterocycles. The van der Waals surface area contributed by atoms with Crippen LogP contribution in [-0.2, 0) is 6.54 Å². The van der Waals surface area contributed by atoms with Gasteiger partial charge in [0.25, 0.3) is 0 Å². The van der Waals surface area contributed by atoms with Gasteiger partial charge in [0, 0.05) is 18.7 Å². The second-order valence-electron chi connectivity index (χ2n) is 4.99. The van der Waals surface area contributed by atoms with Crippen LogP contribution >= 0.6 is 12.4 Å². The molecule has 1 unspecified atom stereocenters. The van der Waals surface area contributed by atoms with Crippen molar-refractivity contribution in [3.63, 3.8) is 0 Å². The van der Waals surface area contributed by atoms with Crippen molar-refractivity contribution in [2.75, 3.05) is 33.3 Å². The Morgan fingerprint density at radius 2 is 2.16 bits per heavy atom. The lowest BCUT2D eigenvalue weighted by molar-refractivity contribution is 0.296. The van der Waals surface area contributed by atoms with Crippen LogP contribution in [0.1, 0.15) is 18.9 Å². The fourth-order valence-electron chi connectivity index (χ4n) is 2.68. The maximum atomic E-state index is 5.68. The quantitative estimate of drug-likeness (QED) is 0.869. The van der Waals surface area contributed by atoms with E-state index in [0.29, 0.717) is 0 Å². The fraction of sp³-hybridized carbons (Fsp3) is 0.600. The highest BCUT2D eigenvalue weighted by Crippen LogP contribution is 2.23. The van der Waals surface area contributed by atoms with Gasteiger partial charge in [0.2, 0.25) is 0 Å². The second-order valence-corrected chi connectivity index (χ2v) is 4.99. The van der Waals surface area contributed by atoms with Crippen LogP contribution < -0.4 is 10.1 Å². The molecule has 1 aromatic rings. The van der Waals surface area contributed by atoms with Gasteiger partial charge in [-0.05, 0) is 45.5 Å². The number of nitrogens with one attached hydrogen (secondary N) is 1. The van der Waals surface area contributed by atoms with E-state index in [1.165, 1.54) is 25.1 Å². The van der Waals surface area contributed by atoms with Gasteiger partial charge in [-0.1, -0.05) is 18.2 Å². The number of halogens is 1. The van der Waals surface area contributed by atoms with Crippen molar-refractivity contribution in [1.82, 2.24) is 10.2 Å². The molecule has 0 radical (unpaired) electrons. The van der Waals surface area contributed by atoms with Gasteiger partial charge in [-0.15, -0.1) is 12.4 Å². The molecule has 0 aliphatic carbocycles. The largest absolute Gasteiger partial charge is 0.494 e. The van der Waals surface area contributed by atoms with E-state index >= 15 is 0 Å². The Morgan fingerprint density at radius 3 is 2.89 bits per heavy atom. The van der Waals surface area contributed by atoms with E-state index in [2.05, 4.69) is 28.4 Å². The number of hydrogen-bond donors (Lipinski definition) is 1. The fourth-order valence-corrected chi connectivity index (χ4v) is 2.68. The molecule has 1 N–H and O–H groups in total. The second kappa shape index (κ2) is 8.41. The van der Waals surface area contributed by atoms with Crippen LogP contribution in [-0.4, -0.2) is 38.2 Å². The summed E-state index contributed by atoms with van der Waals surface area (Å²) in [7, 11) is 2.03. The molecule has 0 aromatic heterocycles. The number of likely N-dealkylation sites (tertiary alicyclic amines) is 1. The summed E-state index contributed by atoms with van der Waals surface area (Å²) in [5.41, 5.74) is 1.31. The van der Waals surface area contributed by atoms with Crippen molar-refractivity contribution < 1.29 is 4.74 Å². The van der Waals surface area contributed by atoms with E-state index in [-0.39, 0.29) is 12.4 Å². The Bertz CT molecular complexity index is 373. The minimum Gasteiger partial charge on any atom is -0.494 e. The number of ether oxygens (including phenoxy) is 1. The minimum absolute atomic E-state index is 0. The van der Waals surface area contributed by atoms with Crippen molar-refractivity contribution in [3.05, 3.63) is 29.8 Å². The van der Waals surface area contributed by atoms with Crippen molar-refractivity contribution >= 4 is 12.4 Å². The summed E-state index contributed by atoms with van der Waals surface area (Å²) in [5.74, 6) is 1.84. The zero-order valence-corrected chi connectivity index (χ0v) is 12.7. The predicted octanol–water partition coefficient (Wildman–Crippen LogP) is 2.55. The first-order chi connectivity index (χ1) is 8.83. The molecule has 0 saturated carbocycles. The lowest BCUT2D eigenvalue weighted by Gasteiger charge is -2.18. The molecule has 108 valence electrons. The molecule has 0 amide bonds. The monoisotopic (exact) mass is 284 g/mol. The molecular weight excluding hydrogens is 260 g/mol. The van der Waals surface area contributed by atoms with Gasteiger partial charge in [-0.25, -0.2) is 0 Å². The molecule has 1 fully saturated rings. The molecular formula is C15H25ClN2O. The standard InChI is InChI=1S/C15H24N2O.ClH/c1-3-18-15-7-5-4-6-14(15)12-17-9-8-13(11-17)10-16-2;/h4-7,13,16H,3,8-12H2,1-2H3;1H. The molecule has 1 aromatic carbocycles. The first-order valence-electron chi connectivity index (χ1n) is 6.91. The van der Waals surface area contributed by atoms with Gasteiger partial charge in [0.05, 0.1) is 6.61 Å². The highest BCUT2D eigenvalue weighted by Gasteiger charge is 2.22. The Kier molecular flexibility index (Phi) is 7.21. The maximum absolute atomic E-state index is 5.68. The van der Waals surface area contributed by atoms with Crippen LogP contribution in [0, 0.1) is 5.92 Å². The summed E-state index contributed by atoms with van der Waals surface area (Å²) in [6.07, 6.45) is 1.30. The molecule has 0 spiro atoms. The van der Waals surface area contributed by atoms with Crippen LogP contribution in [0.4, 0.5) is 0 Å². The summed E-state index contributed by atoms with van der Waals surface area (Å²) in [6, 6.07) is 8.39. The summed E-state index contributed by atoms with van der Waals surface area (Å²) < 4.78 is 5.68. The van der Waals surface area contributed by atoms with Crippen LogP contribution in [0.5, 0.6) is 5.75 Å². The van der Waals surface area contributed by atoms with Crippen LogP contribution in [0.2, 0.25) is 0 Å². The zero-order valence-electron chi connectivity index (χ0n) is 11.9. The lowest BCUT2D eigenvalue weighted by Crippen LogP contribution is -2.24. The van der Waals surface area contributed by atoms with Gasteiger partial charge < -0.3 is 10.1 Å². The first-order valence-corrected chi connectivity index (χ1v) is 6.91. The van der Waals surface area contributed by atoms with Crippen LogP contribution in [0.15, 0.2) is 24.3 Å². The molecule has 0 bridgehead atoms. The third kappa shape index (κ3) is 4.68. The van der Waals surface area contributed by atoms with Crippen molar-refractivity contribution in [1.29, 1.82) is 0 Å². The van der Waals surface area contributed by atoms with E-state index in [1.54, 1.807) is 0 Å². The number of rotatable bonds is 6. The molecule has 1 aliphatic rings. The number of benzene rings is 1. The molecule has 4 heteroatoms. The summed E-state index contributed by atoms with van der Waals surface area (Å²) in [5, 5.41) is 3.27. The maximum Gasteiger partial charge on any atom is 0.123 e. The van der Waals surface area contributed by atoms with E-state index in [4.69, 9.17) is 4.74 Å². The Labute approximate surface area is 122 Å². The number of nitrogens with zero attached hydrogens (tertiary/aromatic N) is 1. The van der Waals surface area contributed by atoms with Gasteiger partial charge in [0.1, 0.15) is 5.75 Å². The molecule has 1 heterocycles. The molecule has 2 rings (SSSR count). The molecule has 19 heavy (non-hydrogen) atoms. The molecule has 1 saturated heterocycles. The van der Waals surface area contributed by atoms with E-state index in [0.717, 1.165) is 31.4 Å². The highest BCUT2D eigenvalue weighted by molar-refractivity contribution is 5.85. The van der Waals surface area contributed by atoms with E-state index in [1.807, 2.05) is 20.0 Å². The summed E-state index contributed by atoms with van der Waals surface area (Å²) >= 11 is 0. The first kappa shape index (κ1) is 16.3. The van der Waals surface area contributed by atoms with Crippen LogP contribution in [0.25, 0.3) is 0 Å². The lowest BCUT2D eigenvalue weighted by atomic mass is 10.1. The third-order valence-electron chi connectivity index (χ3n) is 3.53. The van der Waals surface area contributed by atoms with Crippen molar-refractivity contribution in [3.8, 4) is 5.75 Å². The summed E-state index contributed by atoms with van der Waals surface area (Å²) in [4.78, 5) is 2.53. The average Bonchev–Trinajstić information content (AvgIpc) is 2.80. The van der Waals surface area contributed by atoms with Crippen molar-refractivity contribution in [2.45, 2.75) is 19.9 Å². The molecule has 1 atom stereocenters. The average molecular weight is 285 g/mol. The van der Waals surface area contributed by atoms with Gasteiger partial charge in [-0.2, -0.15) is 0 Å².